The summed E-state index contributed by atoms with van der Waals surface area (Å²) < 4.78 is 11.0. The summed E-state index contributed by atoms with van der Waals surface area (Å²) in [5.41, 5.74) is 3.14. The van der Waals surface area contributed by atoms with Crippen LogP contribution in [0.5, 0.6) is 0 Å². The minimum atomic E-state index is -1.07. The molecule has 2 aromatic carbocycles. The minimum absolute atomic E-state index is 0.204. The van der Waals surface area contributed by atoms with Gasteiger partial charge >= 0.3 is 6.09 Å². The van der Waals surface area contributed by atoms with E-state index in [1.807, 2.05) is 39.0 Å². The number of hydrogen-bond acceptors (Lipinski definition) is 9. The maximum absolute atomic E-state index is 12.9. The van der Waals surface area contributed by atoms with Crippen LogP contribution in [-0.2, 0) is 38.6 Å². The SMILES string of the molecule is CN(CCOCCc1ccc(NC(O)NCc2ccc3c(c2)CN(C2CCC(=O)NC2=O)C3=O)cc1Cl)C(=O)OC(C)(C)C. The fourth-order valence-corrected chi connectivity index (χ4v) is 5.19. The van der Waals surface area contributed by atoms with Gasteiger partial charge in [-0.05, 0) is 68.5 Å². The molecular formula is C31H40ClN5O7. The van der Waals surface area contributed by atoms with Crippen molar-refractivity contribution >= 4 is 41.1 Å². The second kappa shape index (κ2) is 14.4. The number of imide groups is 1. The predicted molar refractivity (Wildman–Crippen MR) is 164 cm³/mol. The number of nitrogens with zero attached hydrogens (tertiary/aromatic N) is 2. The van der Waals surface area contributed by atoms with E-state index < -0.39 is 30.0 Å². The molecular weight excluding hydrogens is 590 g/mol. The summed E-state index contributed by atoms with van der Waals surface area (Å²) in [6.07, 6.45) is -0.374. The van der Waals surface area contributed by atoms with E-state index in [4.69, 9.17) is 21.1 Å². The van der Waals surface area contributed by atoms with Crippen molar-refractivity contribution < 1.29 is 33.8 Å². The fraction of sp³-hybridized carbons (Fsp3) is 0.484. The van der Waals surface area contributed by atoms with Gasteiger partial charge < -0.3 is 29.7 Å². The summed E-state index contributed by atoms with van der Waals surface area (Å²) in [5, 5.41) is 19.3. The Morgan fingerprint density at radius 3 is 2.66 bits per heavy atom. The lowest BCUT2D eigenvalue weighted by atomic mass is 10.0. The zero-order valence-electron chi connectivity index (χ0n) is 25.4. The molecule has 0 spiro atoms. The predicted octanol–water partition coefficient (Wildman–Crippen LogP) is 3.00. The van der Waals surface area contributed by atoms with Crippen LogP contribution in [0, 0.1) is 0 Å². The number of anilines is 1. The van der Waals surface area contributed by atoms with Crippen LogP contribution < -0.4 is 16.0 Å². The van der Waals surface area contributed by atoms with E-state index in [1.54, 1.807) is 25.2 Å². The molecule has 2 atom stereocenters. The van der Waals surface area contributed by atoms with Crippen molar-refractivity contribution in [1.29, 1.82) is 0 Å². The van der Waals surface area contributed by atoms with Gasteiger partial charge in [-0.15, -0.1) is 0 Å². The molecule has 1 fully saturated rings. The average Bonchev–Trinajstić information content (AvgIpc) is 3.26. The molecule has 2 heterocycles. The van der Waals surface area contributed by atoms with Crippen molar-refractivity contribution in [2.45, 2.75) is 71.1 Å². The molecule has 13 heteroatoms. The monoisotopic (exact) mass is 629 g/mol. The molecule has 0 radical (unpaired) electrons. The molecule has 2 aromatic rings. The van der Waals surface area contributed by atoms with Gasteiger partial charge in [-0.3, -0.25) is 25.0 Å². The number of halogens is 1. The Morgan fingerprint density at radius 1 is 1.18 bits per heavy atom. The fourth-order valence-electron chi connectivity index (χ4n) is 4.92. The number of hydrogen-bond donors (Lipinski definition) is 4. The average molecular weight is 630 g/mol. The van der Waals surface area contributed by atoms with Crippen LogP contribution in [0.1, 0.15) is 60.7 Å². The second-order valence-corrected chi connectivity index (χ2v) is 12.3. The van der Waals surface area contributed by atoms with Crippen LogP contribution >= 0.6 is 11.6 Å². The highest BCUT2D eigenvalue weighted by molar-refractivity contribution is 6.31. The van der Waals surface area contributed by atoms with Crippen LogP contribution in [0.3, 0.4) is 0 Å². The normalized spacial score (nSPS) is 17.3. The van der Waals surface area contributed by atoms with E-state index in [-0.39, 0.29) is 24.8 Å². The zero-order valence-corrected chi connectivity index (χ0v) is 26.2. The molecule has 2 aliphatic rings. The van der Waals surface area contributed by atoms with Crippen LogP contribution in [-0.4, -0.2) is 83.5 Å². The molecule has 4 rings (SSSR count). The number of benzene rings is 2. The molecule has 4 amide bonds. The number of fused-ring (bicyclic) bond motifs is 1. The largest absolute Gasteiger partial charge is 0.444 e. The number of nitrogens with one attached hydrogen (secondary N) is 3. The molecule has 0 aromatic heterocycles. The number of rotatable bonds is 12. The molecule has 0 bridgehead atoms. The molecule has 0 aliphatic carbocycles. The maximum atomic E-state index is 12.9. The van der Waals surface area contributed by atoms with Crippen molar-refractivity contribution in [3.05, 3.63) is 63.7 Å². The highest BCUT2D eigenvalue weighted by Crippen LogP contribution is 2.28. The van der Waals surface area contributed by atoms with E-state index in [0.717, 1.165) is 16.7 Å². The number of ether oxygens (including phenoxy) is 2. The standard InChI is InChI=1S/C31H40ClN5O7/c1-31(2,3)44-30(42)36(4)12-14-43-13-11-20-6-7-22(16-24(20)32)34-29(41)33-17-19-5-8-23-21(15-19)18-37(28(23)40)25-9-10-26(38)35-27(25)39/h5-8,15-16,25,29,33-34,41H,9-14,17-18H2,1-4H3,(H,35,38,39). The second-order valence-electron chi connectivity index (χ2n) is 11.9. The highest BCUT2D eigenvalue weighted by atomic mass is 35.5. The maximum Gasteiger partial charge on any atom is 0.410 e. The smallest absolute Gasteiger partial charge is 0.410 e. The van der Waals surface area contributed by atoms with Crippen molar-refractivity contribution in [3.8, 4) is 0 Å². The summed E-state index contributed by atoms with van der Waals surface area (Å²) in [5.74, 6) is -0.995. The summed E-state index contributed by atoms with van der Waals surface area (Å²) >= 11 is 6.46. The van der Waals surface area contributed by atoms with Gasteiger partial charge in [-0.1, -0.05) is 29.8 Å². The Kier molecular flexibility index (Phi) is 10.8. The summed E-state index contributed by atoms with van der Waals surface area (Å²) in [6.45, 7) is 7.26. The molecule has 238 valence electrons. The first-order chi connectivity index (χ1) is 20.8. The number of likely N-dealkylation sites (N-methyl/N-ethyl adjacent to an activating group) is 1. The molecule has 2 aliphatic heterocycles. The molecule has 1 saturated heterocycles. The first-order valence-corrected chi connectivity index (χ1v) is 14.9. The van der Waals surface area contributed by atoms with Crippen molar-refractivity contribution in [2.24, 2.45) is 0 Å². The van der Waals surface area contributed by atoms with E-state index in [0.29, 0.717) is 55.4 Å². The van der Waals surface area contributed by atoms with E-state index in [9.17, 15) is 24.3 Å². The number of piperidine rings is 1. The molecule has 44 heavy (non-hydrogen) atoms. The molecule has 0 saturated carbocycles. The lowest BCUT2D eigenvalue weighted by Crippen LogP contribution is -2.52. The van der Waals surface area contributed by atoms with Crippen LogP contribution in [0.2, 0.25) is 5.02 Å². The number of carbonyl (C=O) groups is 4. The number of amides is 4. The van der Waals surface area contributed by atoms with Crippen LogP contribution in [0.4, 0.5) is 10.5 Å². The zero-order chi connectivity index (χ0) is 32.0. The van der Waals surface area contributed by atoms with Gasteiger partial charge in [0.25, 0.3) is 5.91 Å². The van der Waals surface area contributed by atoms with Crippen molar-refractivity contribution in [2.75, 3.05) is 32.1 Å². The molecule has 2 unspecified atom stereocenters. The Balaban J connectivity index is 1.19. The van der Waals surface area contributed by atoms with Crippen LogP contribution in [0.15, 0.2) is 36.4 Å². The van der Waals surface area contributed by atoms with Gasteiger partial charge in [0.2, 0.25) is 11.8 Å². The number of carbonyl (C=O) groups excluding carboxylic acids is 4. The number of aliphatic hydroxyl groups is 1. The summed E-state index contributed by atoms with van der Waals surface area (Å²) in [4.78, 5) is 51.6. The van der Waals surface area contributed by atoms with Crippen molar-refractivity contribution in [3.63, 3.8) is 0 Å². The highest BCUT2D eigenvalue weighted by Gasteiger charge is 2.39. The summed E-state index contributed by atoms with van der Waals surface area (Å²) in [7, 11) is 1.66. The lowest BCUT2D eigenvalue weighted by molar-refractivity contribution is -0.136. The Morgan fingerprint density at radius 2 is 1.95 bits per heavy atom. The van der Waals surface area contributed by atoms with Gasteiger partial charge in [0.05, 0.1) is 13.2 Å². The van der Waals surface area contributed by atoms with E-state index >= 15 is 0 Å². The van der Waals surface area contributed by atoms with Gasteiger partial charge in [0.15, 0.2) is 6.35 Å². The molecule has 4 N–H and O–H groups in total. The Bertz CT molecular complexity index is 1400. The Hall–Kier alpha value is -3.71. The van der Waals surface area contributed by atoms with Crippen LogP contribution in [0.25, 0.3) is 0 Å². The summed E-state index contributed by atoms with van der Waals surface area (Å²) in [6, 6.07) is 10.1. The number of aliphatic hydroxyl groups excluding tert-OH is 1. The first kappa shape index (κ1) is 33.2. The molecule has 12 nitrogen and oxygen atoms in total. The van der Waals surface area contributed by atoms with Gasteiger partial charge in [0.1, 0.15) is 11.6 Å². The third-order valence-electron chi connectivity index (χ3n) is 7.24. The van der Waals surface area contributed by atoms with Gasteiger partial charge in [-0.2, -0.15) is 0 Å². The Labute approximate surface area is 262 Å². The third-order valence-corrected chi connectivity index (χ3v) is 7.59. The quantitative estimate of drug-likeness (QED) is 0.158. The van der Waals surface area contributed by atoms with E-state index in [2.05, 4.69) is 16.0 Å². The first-order valence-electron chi connectivity index (χ1n) is 14.6. The van der Waals surface area contributed by atoms with Gasteiger partial charge in [-0.25, -0.2) is 4.79 Å². The topological polar surface area (TPSA) is 150 Å². The lowest BCUT2D eigenvalue weighted by Gasteiger charge is -2.29. The van der Waals surface area contributed by atoms with Crippen molar-refractivity contribution in [1.82, 2.24) is 20.4 Å². The van der Waals surface area contributed by atoms with Gasteiger partial charge in [0, 0.05) is 49.4 Å². The third kappa shape index (κ3) is 8.91. The van der Waals surface area contributed by atoms with E-state index in [1.165, 1.54) is 9.80 Å². The minimum Gasteiger partial charge on any atom is -0.444 e.